The number of pyridine rings is 1. The molecule has 0 amide bonds. The maximum Gasteiger partial charge on any atom is 0.161 e. The lowest BCUT2D eigenvalue weighted by Gasteiger charge is -2.16. The maximum absolute atomic E-state index is 5.94. The highest BCUT2D eigenvalue weighted by atomic mass is 35.5. The van der Waals surface area contributed by atoms with E-state index >= 15 is 0 Å². The van der Waals surface area contributed by atoms with Gasteiger partial charge in [0.1, 0.15) is 11.8 Å². The van der Waals surface area contributed by atoms with Gasteiger partial charge in [0.05, 0.1) is 6.61 Å². The van der Waals surface area contributed by atoms with Crippen molar-refractivity contribution >= 4 is 36.4 Å². The van der Waals surface area contributed by atoms with Crippen LogP contribution in [0.4, 0.5) is 0 Å². The fourth-order valence-corrected chi connectivity index (χ4v) is 2.95. The molecule has 1 aromatic heterocycles. The summed E-state index contributed by atoms with van der Waals surface area (Å²) in [6.45, 7) is 5.87. The van der Waals surface area contributed by atoms with Crippen molar-refractivity contribution in [3.05, 3.63) is 88.7 Å². The van der Waals surface area contributed by atoms with Gasteiger partial charge < -0.3 is 14.8 Å². The monoisotopic (exact) mass is 468 g/mol. The average Bonchev–Trinajstić information content (AvgIpc) is 2.73. The van der Waals surface area contributed by atoms with Gasteiger partial charge in [-0.2, -0.15) is 0 Å². The first-order chi connectivity index (χ1) is 13.7. The molecule has 2 aromatic carbocycles. The van der Waals surface area contributed by atoms with Crippen molar-refractivity contribution < 1.29 is 9.47 Å². The van der Waals surface area contributed by atoms with Gasteiger partial charge in [-0.1, -0.05) is 54.1 Å². The van der Waals surface area contributed by atoms with Crippen LogP contribution in [-0.2, 0) is 13.2 Å². The standard InChI is InChI=1S/C23H25ClN2O2.2ClH/c1-3-27-22-13-18(14-25-17(2)20-7-5-4-6-8-20)9-11-21(22)28-16-19-10-12-23(24)26-15-19;;/h4-13,15,17,25H,3,14,16H2,1-2H3;2*1H. The Morgan fingerprint density at radius 3 is 2.33 bits per heavy atom. The fraction of sp³-hybridized carbons (Fsp3) is 0.261. The third-order valence-corrected chi connectivity index (χ3v) is 4.63. The quantitative estimate of drug-likeness (QED) is 0.368. The molecular formula is C23H27Cl3N2O2. The van der Waals surface area contributed by atoms with E-state index in [2.05, 4.69) is 47.6 Å². The SMILES string of the molecule is CCOc1cc(CNC(C)c2ccccc2)ccc1OCc1ccc(Cl)nc1.Cl.Cl. The molecule has 0 aliphatic rings. The number of rotatable bonds is 9. The van der Waals surface area contributed by atoms with Crippen LogP contribution in [0.1, 0.15) is 36.6 Å². The highest BCUT2D eigenvalue weighted by molar-refractivity contribution is 6.29. The molecule has 0 fully saturated rings. The first-order valence-corrected chi connectivity index (χ1v) is 9.80. The Hall–Kier alpha value is -1.98. The number of halogens is 3. The van der Waals surface area contributed by atoms with Gasteiger partial charge in [-0.15, -0.1) is 24.8 Å². The van der Waals surface area contributed by atoms with E-state index in [0.717, 1.165) is 29.2 Å². The minimum absolute atomic E-state index is 0. The largest absolute Gasteiger partial charge is 0.490 e. The van der Waals surface area contributed by atoms with Crippen molar-refractivity contribution in [2.45, 2.75) is 33.0 Å². The third kappa shape index (κ3) is 7.69. The minimum atomic E-state index is 0. The van der Waals surface area contributed by atoms with E-state index < -0.39 is 0 Å². The van der Waals surface area contributed by atoms with Gasteiger partial charge in [0.25, 0.3) is 0 Å². The van der Waals surface area contributed by atoms with E-state index in [1.54, 1.807) is 12.3 Å². The Morgan fingerprint density at radius 2 is 1.67 bits per heavy atom. The molecule has 0 aliphatic carbocycles. The normalized spacial score (nSPS) is 11.0. The summed E-state index contributed by atoms with van der Waals surface area (Å²) in [5.41, 5.74) is 3.37. The average molecular weight is 470 g/mol. The van der Waals surface area contributed by atoms with E-state index in [4.69, 9.17) is 21.1 Å². The van der Waals surface area contributed by atoms with Crippen molar-refractivity contribution in [1.29, 1.82) is 0 Å². The van der Waals surface area contributed by atoms with Crippen molar-refractivity contribution in [3.8, 4) is 11.5 Å². The van der Waals surface area contributed by atoms with E-state index in [-0.39, 0.29) is 30.9 Å². The molecule has 0 aliphatic heterocycles. The van der Waals surface area contributed by atoms with Gasteiger partial charge in [-0.3, -0.25) is 0 Å². The molecule has 1 N–H and O–H groups in total. The molecule has 1 heterocycles. The van der Waals surface area contributed by atoms with Gasteiger partial charge in [-0.25, -0.2) is 4.98 Å². The summed E-state index contributed by atoms with van der Waals surface area (Å²) < 4.78 is 11.7. The highest BCUT2D eigenvalue weighted by Gasteiger charge is 2.09. The Morgan fingerprint density at radius 1 is 0.933 bits per heavy atom. The number of nitrogens with one attached hydrogen (secondary N) is 1. The van der Waals surface area contributed by atoms with Crippen LogP contribution in [-0.4, -0.2) is 11.6 Å². The van der Waals surface area contributed by atoms with Crippen LogP contribution in [0.25, 0.3) is 0 Å². The van der Waals surface area contributed by atoms with E-state index in [0.29, 0.717) is 18.4 Å². The van der Waals surface area contributed by atoms with Gasteiger partial charge in [0, 0.05) is 24.3 Å². The predicted octanol–water partition coefficient (Wildman–Crippen LogP) is 6.41. The molecule has 1 unspecified atom stereocenters. The van der Waals surface area contributed by atoms with Gasteiger partial charge in [0.15, 0.2) is 11.5 Å². The Labute approximate surface area is 195 Å². The highest BCUT2D eigenvalue weighted by Crippen LogP contribution is 2.29. The van der Waals surface area contributed by atoms with E-state index in [9.17, 15) is 0 Å². The second kappa shape index (κ2) is 13.3. The topological polar surface area (TPSA) is 43.4 Å². The molecule has 0 spiro atoms. The predicted molar refractivity (Wildman–Crippen MR) is 127 cm³/mol. The number of benzene rings is 2. The molecule has 3 aromatic rings. The van der Waals surface area contributed by atoms with Gasteiger partial charge >= 0.3 is 0 Å². The van der Waals surface area contributed by atoms with Crippen LogP contribution in [0.15, 0.2) is 66.9 Å². The molecule has 7 heteroatoms. The number of hydrogen-bond acceptors (Lipinski definition) is 4. The Balaban J connectivity index is 0.00000225. The molecule has 0 radical (unpaired) electrons. The van der Waals surface area contributed by atoms with Crippen molar-refractivity contribution in [1.82, 2.24) is 10.3 Å². The first-order valence-electron chi connectivity index (χ1n) is 9.43. The number of aromatic nitrogens is 1. The lowest BCUT2D eigenvalue weighted by atomic mass is 10.1. The van der Waals surface area contributed by atoms with Gasteiger partial charge in [0.2, 0.25) is 0 Å². The maximum atomic E-state index is 5.94. The molecule has 4 nitrogen and oxygen atoms in total. The first kappa shape index (κ1) is 26.1. The van der Waals surface area contributed by atoms with Crippen molar-refractivity contribution in [2.75, 3.05) is 6.61 Å². The van der Waals surface area contributed by atoms with E-state index in [1.165, 1.54) is 5.56 Å². The summed E-state index contributed by atoms with van der Waals surface area (Å²) in [5, 5.41) is 4.02. The number of hydrogen-bond donors (Lipinski definition) is 1. The van der Waals surface area contributed by atoms with Crippen LogP contribution in [0, 0.1) is 0 Å². The zero-order valence-corrected chi connectivity index (χ0v) is 19.4. The van der Waals surface area contributed by atoms with Crippen molar-refractivity contribution in [3.63, 3.8) is 0 Å². The zero-order chi connectivity index (χ0) is 19.8. The summed E-state index contributed by atoms with van der Waals surface area (Å²) in [4.78, 5) is 4.08. The molecule has 0 saturated heterocycles. The zero-order valence-electron chi connectivity index (χ0n) is 17.0. The summed E-state index contributed by atoms with van der Waals surface area (Å²) in [6.07, 6.45) is 1.71. The molecule has 30 heavy (non-hydrogen) atoms. The Kier molecular flexibility index (Phi) is 11.6. The van der Waals surface area contributed by atoms with Crippen LogP contribution < -0.4 is 14.8 Å². The van der Waals surface area contributed by atoms with Gasteiger partial charge in [-0.05, 0) is 43.2 Å². The second-order valence-electron chi connectivity index (χ2n) is 6.51. The lowest BCUT2D eigenvalue weighted by Crippen LogP contribution is -2.18. The fourth-order valence-electron chi connectivity index (χ4n) is 2.83. The number of ether oxygens (including phenoxy) is 2. The molecule has 162 valence electrons. The third-order valence-electron chi connectivity index (χ3n) is 4.40. The second-order valence-corrected chi connectivity index (χ2v) is 6.89. The molecule has 3 rings (SSSR count). The molecule has 0 saturated carbocycles. The molecular weight excluding hydrogens is 443 g/mol. The Bertz CT molecular complexity index is 877. The smallest absolute Gasteiger partial charge is 0.161 e. The van der Waals surface area contributed by atoms with Crippen LogP contribution >= 0.6 is 36.4 Å². The molecule has 1 atom stereocenters. The summed E-state index contributed by atoms with van der Waals surface area (Å²) in [5.74, 6) is 1.47. The summed E-state index contributed by atoms with van der Waals surface area (Å²) in [7, 11) is 0. The summed E-state index contributed by atoms with van der Waals surface area (Å²) >= 11 is 5.83. The van der Waals surface area contributed by atoms with Crippen LogP contribution in [0.2, 0.25) is 5.15 Å². The lowest BCUT2D eigenvalue weighted by molar-refractivity contribution is 0.268. The number of nitrogens with zero attached hydrogens (tertiary/aromatic N) is 1. The van der Waals surface area contributed by atoms with Crippen LogP contribution in [0.3, 0.4) is 0 Å². The van der Waals surface area contributed by atoms with E-state index in [1.807, 2.05) is 31.2 Å². The minimum Gasteiger partial charge on any atom is -0.490 e. The molecule has 0 bridgehead atoms. The van der Waals surface area contributed by atoms with Crippen molar-refractivity contribution in [2.24, 2.45) is 0 Å². The summed E-state index contributed by atoms with van der Waals surface area (Å²) in [6, 6.07) is 20.4. The van der Waals surface area contributed by atoms with Crippen LogP contribution in [0.5, 0.6) is 11.5 Å².